The van der Waals surface area contributed by atoms with Crippen LogP contribution in [-0.2, 0) is 0 Å². The van der Waals surface area contributed by atoms with Crippen LogP contribution in [0.25, 0.3) is 0 Å². The lowest BCUT2D eigenvalue weighted by molar-refractivity contribution is 0.137. The van der Waals surface area contributed by atoms with E-state index in [4.69, 9.17) is 0 Å². The third kappa shape index (κ3) is 4.84. The van der Waals surface area contributed by atoms with E-state index in [9.17, 15) is 0 Å². The third-order valence-electron chi connectivity index (χ3n) is 3.87. The molecule has 0 bridgehead atoms. The van der Waals surface area contributed by atoms with Gasteiger partial charge in [-0.2, -0.15) is 0 Å². The highest BCUT2D eigenvalue weighted by atomic mass is 15.1. The Hall–Kier alpha value is -0.0800. The number of hydrogen-bond acceptors (Lipinski definition) is 2. The minimum atomic E-state index is 0.468. The average Bonchev–Trinajstić information content (AvgIpc) is 2.21. The molecule has 0 aromatic carbocycles. The van der Waals surface area contributed by atoms with E-state index >= 15 is 0 Å². The molecule has 0 radical (unpaired) electrons. The Kier molecular flexibility index (Phi) is 5.26. The van der Waals surface area contributed by atoms with Crippen molar-refractivity contribution in [3.8, 4) is 0 Å². The van der Waals surface area contributed by atoms with Crippen molar-refractivity contribution in [3.63, 3.8) is 0 Å². The van der Waals surface area contributed by atoms with Gasteiger partial charge in [-0.15, -0.1) is 0 Å². The van der Waals surface area contributed by atoms with Crippen LogP contribution in [0.5, 0.6) is 0 Å². The number of rotatable bonds is 3. The van der Waals surface area contributed by atoms with Crippen molar-refractivity contribution in [1.29, 1.82) is 0 Å². The molecular weight excluding hydrogens is 196 g/mol. The van der Waals surface area contributed by atoms with Gasteiger partial charge in [0.25, 0.3) is 0 Å². The lowest BCUT2D eigenvalue weighted by Crippen LogP contribution is -2.45. The monoisotopic (exact) mass is 226 g/mol. The molecular formula is C14H30N2. The summed E-state index contributed by atoms with van der Waals surface area (Å²) >= 11 is 0. The smallest absolute Gasteiger partial charge is 0.00510 e. The SMILES string of the molecule is CCC(C)(C)CN1CCC(C)NCC(C)C1. The molecule has 1 aliphatic rings. The van der Waals surface area contributed by atoms with Crippen LogP contribution in [0.3, 0.4) is 0 Å². The second kappa shape index (κ2) is 6.02. The van der Waals surface area contributed by atoms with Gasteiger partial charge in [-0.1, -0.05) is 27.7 Å². The molecule has 2 nitrogen and oxygen atoms in total. The van der Waals surface area contributed by atoms with Crippen molar-refractivity contribution < 1.29 is 0 Å². The van der Waals surface area contributed by atoms with E-state index < -0.39 is 0 Å². The summed E-state index contributed by atoms with van der Waals surface area (Å²) in [5.41, 5.74) is 0.468. The standard InChI is InChI=1S/C14H30N2/c1-6-14(4,5)11-16-8-7-13(3)15-9-12(2)10-16/h12-13,15H,6-11H2,1-5H3. The Morgan fingerprint density at radius 2 is 2.00 bits per heavy atom. The van der Waals surface area contributed by atoms with Gasteiger partial charge in [-0.25, -0.2) is 0 Å². The Morgan fingerprint density at radius 1 is 1.31 bits per heavy atom. The van der Waals surface area contributed by atoms with Crippen LogP contribution in [0.2, 0.25) is 0 Å². The molecule has 1 saturated heterocycles. The van der Waals surface area contributed by atoms with Crippen molar-refractivity contribution in [2.24, 2.45) is 11.3 Å². The van der Waals surface area contributed by atoms with Crippen molar-refractivity contribution in [3.05, 3.63) is 0 Å². The van der Waals surface area contributed by atoms with Crippen LogP contribution in [-0.4, -0.2) is 37.1 Å². The molecule has 2 heteroatoms. The van der Waals surface area contributed by atoms with E-state index in [1.54, 1.807) is 0 Å². The van der Waals surface area contributed by atoms with Gasteiger partial charge in [0.2, 0.25) is 0 Å². The fourth-order valence-corrected chi connectivity index (χ4v) is 2.34. The van der Waals surface area contributed by atoms with Crippen LogP contribution in [0.4, 0.5) is 0 Å². The Balaban J connectivity index is 2.50. The molecule has 1 rings (SSSR count). The zero-order chi connectivity index (χ0) is 12.2. The van der Waals surface area contributed by atoms with Gasteiger partial charge in [0.1, 0.15) is 0 Å². The minimum absolute atomic E-state index is 0.468. The minimum Gasteiger partial charge on any atom is -0.314 e. The first-order valence-corrected chi connectivity index (χ1v) is 6.88. The molecule has 0 amide bonds. The number of hydrogen-bond donors (Lipinski definition) is 1. The molecule has 0 spiro atoms. The molecule has 2 atom stereocenters. The van der Waals surface area contributed by atoms with Gasteiger partial charge >= 0.3 is 0 Å². The lowest BCUT2D eigenvalue weighted by atomic mass is 9.89. The first kappa shape index (κ1) is 14.0. The summed E-state index contributed by atoms with van der Waals surface area (Å²) in [4.78, 5) is 2.67. The van der Waals surface area contributed by atoms with Crippen molar-refractivity contribution in [1.82, 2.24) is 10.2 Å². The third-order valence-corrected chi connectivity index (χ3v) is 3.87. The fourth-order valence-electron chi connectivity index (χ4n) is 2.34. The summed E-state index contributed by atoms with van der Waals surface area (Å²) in [6.45, 7) is 16.7. The van der Waals surface area contributed by atoms with Gasteiger partial charge in [-0.05, 0) is 44.2 Å². The number of nitrogens with one attached hydrogen (secondary N) is 1. The highest BCUT2D eigenvalue weighted by Gasteiger charge is 2.22. The van der Waals surface area contributed by atoms with Gasteiger partial charge in [-0.3, -0.25) is 0 Å². The largest absolute Gasteiger partial charge is 0.314 e. The van der Waals surface area contributed by atoms with E-state index in [-0.39, 0.29) is 0 Å². The van der Waals surface area contributed by atoms with E-state index in [0.717, 1.165) is 5.92 Å². The second-order valence-corrected chi connectivity index (χ2v) is 6.46. The maximum Gasteiger partial charge on any atom is 0.00510 e. The highest BCUT2D eigenvalue weighted by Crippen LogP contribution is 2.22. The average molecular weight is 226 g/mol. The zero-order valence-electron chi connectivity index (χ0n) is 11.8. The summed E-state index contributed by atoms with van der Waals surface area (Å²) in [7, 11) is 0. The first-order chi connectivity index (χ1) is 7.43. The summed E-state index contributed by atoms with van der Waals surface area (Å²) in [6.07, 6.45) is 2.55. The molecule has 0 aromatic heterocycles. The van der Waals surface area contributed by atoms with Gasteiger partial charge in [0, 0.05) is 19.1 Å². The van der Waals surface area contributed by atoms with Gasteiger partial charge < -0.3 is 10.2 Å². The van der Waals surface area contributed by atoms with Crippen LogP contribution < -0.4 is 5.32 Å². The van der Waals surface area contributed by atoms with Crippen molar-refractivity contribution in [2.75, 3.05) is 26.2 Å². The predicted molar refractivity (Wildman–Crippen MR) is 71.8 cm³/mol. The van der Waals surface area contributed by atoms with E-state index in [0.29, 0.717) is 11.5 Å². The molecule has 2 unspecified atom stereocenters. The molecule has 1 fully saturated rings. The summed E-state index contributed by atoms with van der Waals surface area (Å²) in [6, 6.07) is 0.676. The van der Waals surface area contributed by atoms with E-state index in [2.05, 4.69) is 44.8 Å². The lowest BCUT2D eigenvalue weighted by Gasteiger charge is -2.36. The summed E-state index contributed by atoms with van der Waals surface area (Å²) in [5, 5.41) is 3.60. The molecule has 16 heavy (non-hydrogen) atoms. The molecule has 0 saturated carbocycles. The molecule has 1 heterocycles. The fraction of sp³-hybridized carbons (Fsp3) is 1.00. The normalized spacial score (nSPS) is 29.8. The molecule has 1 N–H and O–H groups in total. The van der Waals surface area contributed by atoms with Crippen molar-refractivity contribution >= 4 is 0 Å². The van der Waals surface area contributed by atoms with E-state index in [1.807, 2.05) is 0 Å². The summed E-state index contributed by atoms with van der Waals surface area (Å²) < 4.78 is 0. The molecule has 1 aliphatic heterocycles. The topological polar surface area (TPSA) is 15.3 Å². The maximum absolute atomic E-state index is 3.60. The Bertz CT molecular complexity index is 201. The van der Waals surface area contributed by atoms with Crippen LogP contribution >= 0.6 is 0 Å². The quantitative estimate of drug-likeness (QED) is 0.796. The summed E-state index contributed by atoms with van der Waals surface area (Å²) in [5.74, 6) is 0.774. The predicted octanol–water partition coefficient (Wildman–Crippen LogP) is 2.74. The van der Waals surface area contributed by atoms with Crippen molar-refractivity contribution in [2.45, 2.75) is 53.5 Å². The Morgan fingerprint density at radius 3 is 2.62 bits per heavy atom. The number of nitrogens with zero attached hydrogens (tertiary/aromatic N) is 1. The van der Waals surface area contributed by atoms with E-state index in [1.165, 1.54) is 39.0 Å². The van der Waals surface area contributed by atoms with Crippen LogP contribution in [0.1, 0.15) is 47.5 Å². The molecule has 0 aromatic rings. The Labute approximate surface area is 102 Å². The molecule has 0 aliphatic carbocycles. The maximum atomic E-state index is 3.60. The van der Waals surface area contributed by atoms with Crippen LogP contribution in [0, 0.1) is 11.3 Å². The first-order valence-electron chi connectivity index (χ1n) is 6.88. The highest BCUT2D eigenvalue weighted by molar-refractivity contribution is 4.78. The van der Waals surface area contributed by atoms with Crippen LogP contribution in [0.15, 0.2) is 0 Å². The zero-order valence-corrected chi connectivity index (χ0v) is 11.8. The van der Waals surface area contributed by atoms with Gasteiger partial charge in [0.05, 0.1) is 0 Å². The second-order valence-electron chi connectivity index (χ2n) is 6.46. The van der Waals surface area contributed by atoms with Gasteiger partial charge in [0.15, 0.2) is 0 Å². The molecule has 96 valence electrons.